The van der Waals surface area contributed by atoms with Gasteiger partial charge in [0.05, 0.1) is 10.9 Å². The number of rotatable bonds is 6. The highest BCUT2D eigenvalue weighted by molar-refractivity contribution is 6.04. The molecule has 0 amide bonds. The number of phenols is 1. The minimum absolute atomic E-state index is 0.00378. The van der Waals surface area contributed by atoms with Gasteiger partial charge in [-0.3, -0.25) is 4.90 Å². The van der Waals surface area contributed by atoms with Crippen LogP contribution in [0.25, 0.3) is 32.9 Å². The zero-order valence-corrected chi connectivity index (χ0v) is 26.2. The average molecular weight is 623 g/mol. The molecule has 3 fully saturated rings. The quantitative estimate of drug-likeness (QED) is 0.278. The number of piperazine rings is 1. The number of terminal acetylenes is 1. The monoisotopic (exact) mass is 622 g/mol. The number of benzene rings is 2. The number of anilines is 1. The molecular weight excluding hydrogens is 586 g/mol. The molecule has 10 heteroatoms. The van der Waals surface area contributed by atoms with Crippen molar-refractivity contribution in [1.29, 1.82) is 0 Å². The summed E-state index contributed by atoms with van der Waals surface area (Å²) >= 11 is 0. The van der Waals surface area contributed by atoms with Crippen molar-refractivity contribution in [1.82, 2.24) is 25.2 Å². The van der Waals surface area contributed by atoms with Gasteiger partial charge in [0.1, 0.15) is 40.9 Å². The Kier molecular flexibility index (Phi) is 7.88. The third-order valence-electron chi connectivity index (χ3n) is 9.45. The van der Waals surface area contributed by atoms with Gasteiger partial charge in [-0.15, -0.1) is 6.42 Å². The third kappa shape index (κ3) is 5.26. The van der Waals surface area contributed by atoms with Crippen molar-refractivity contribution in [3.63, 3.8) is 0 Å². The van der Waals surface area contributed by atoms with Gasteiger partial charge in [0.2, 0.25) is 0 Å². The van der Waals surface area contributed by atoms with Crippen LogP contribution >= 0.6 is 0 Å². The second kappa shape index (κ2) is 12.0. The Hall–Kier alpha value is -4.51. The lowest BCUT2D eigenvalue weighted by Gasteiger charge is -2.34. The maximum atomic E-state index is 17.1. The summed E-state index contributed by atoms with van der Waals surface area (Å²) in [5.74, 6) is 7.35. The van der Waals surface area contributed by atoms with Crippen LogP contribution in [0, 0.1) is 35.8 Å². The van der Waals surface area contributed by atoms with Crippen molar-refractivity contribution >= 4 is 27.5 Å². The zero-order valence-electron chi connectivity index (χ0n) is 26.2. The van der Waals surface area contributed by atoms with Gasteiger partial charge < -0.3 is 20.1 Å². The maximum Gasteiger partial charge on any atom is 0.319 e. The van der Waals surface area contributed by atoms with Crippen molar-refractivity contribution in [2.45, 2.75) is 70.6 Å². The van der Waals surface area contributed by atoms with E-state index in [9.17, 15) is 9.50 Å². The van der Waals surface area contributed by atoms with E-state index in [0.717, 1.165) is 32.2 Å². The van der Waals surface area contributed by atoms with Crippen molar-refractivity contribution in [3.05, 3.63) is 47.2 Å². The summed E-state index contributed by atoms with van der Waals surface area (Å²) in [5.41, 5.74) is 0.217. The highest BCUT2D eigenvalue weighted by atomic mass is 19.1. The van der Waals surface area contributed by atoms with E-state index in [1.165, 1.54) is 24.3 Å². The van der Waals surface area contributed by atoms with E-state index in [4.69, 9.17) is 21.1 Å². The van der Waals surface area contributed by atoms with Crippen molar-refractivity contribution in [2.75, 3.05) is 31.1 Å². The van der Waals surface area contributed by atoms with Crippen molar-refractivity contribution < 1.29 is 18.6 Å². The molecule has 2 aromatic heterocycles. The summed E-state index contributed by atoms with van der Waals surface area (Å²) in [5, 5.41) is 15.4. The van der Waals surface area contributed by atoms with Crippen LogP contribution in [0.1, 0.15) is 57.7 Å². The van der Waals surface area contributed by atoms with E-state index in [-0.39, 0.29) is 51.2 Å². The summed E-state index contributed by atoms with van der Waals surface area (Å²) in [6.45, 7) is 8.78. The SMILES string of the molecule is C#Cc1c(F)ccc2cc(O)cc(-c3nc(C#CC)c4c(N5C[C@H]6CC[C@@H](C5)N6)nc(OC[C@@H]5CCCN5C(C)C)nc4c3F)c12. The predicted octanol–water partition coefficient (Wildman–Crippen LogP) is 5.37. The van der Waals surface area contributed by atoms with Crippen LogP contribution in [-0.2, 0) is 0 Å². The lowest BCUT2D eigenvalue weighted by atomic mass is 9.95. The normalized spacial score (nSPS) is 21.2. The number of halogens is 2. The topological polar surface area (TPSA) is 86.6 Å². The number of nitrogens with zero attached hydrogens (tertiary/aromatic N) is 5. The van der Waals surface area contributed by atoms with Gasteiger partial charge >= 0.3 is 6.01 Å². The smallest absolute Gasteiger partial charge is 0.319 e. The number of fused-ring (bicyclic) bond motifs is 4. The Morgan fingerprint density at radius 2 is 1.87 bits per heavy atom. The first-order valence-electron chi connectivity index (χ1n) is 15.9. The van der Waals surface area contributed by atoms with Gasteiger partial charge in [-0.2, -0.15) is 9.97 Å². The Morgan fingerprint density at radius 3 is 2.59 bits per heavy atom. The molecule has 0 spiro atoms. The van der Waals surface area contributed by atoms with Gasteiger partial charge in [0, 0.05) is 48.2 Å². The molecule has 3 aliphatic rings. The van der Waals surface area contributed by atoms with Gasteiger partial charge in [-0.1, -0.05) is 17.9 Å². The fourth-order valence-electron chi connectivity index (χ4n) is 7.43. The number of pyridine rings is 1. The number of nitrogens with one attached hydrogen (secondary N) is 1. The van der Waals surface area contributed by atoms with E-state index in [2.05, 4.69) is 51.7 Å². The molecule has 7 rings (SSSR count). The molecule has 0 saturated carbocycles. The number of phenolic OH excluding ortho intramolecular Hbond substituents is 1. The molecule has 3 aliphatic heterocycles. The van der Waals surface area contributed by atoms with Crippen LogP contribution in [0.3, 0.4) is 0 Å². The fraction of sp³-hybridized carbons (Fsp3) is 0.417. The summed E-state index contributed by atoms with van der Waals surface area (Å²) in [4.78, 5) is 18.8. The summed E-state index contributed by atoms with van der Waals surface area (Å²) in [6.07, 6.45) is 9.92. The molecule has 5 heterocycles. The van der Waals surface area contributed by atoms with Gasteiger partial charge in [0.25, 0.3) is 0 Å². The first kappa shape index (κ1) is 30.2. The second-order valence-electron chi connectivity index (χ2n) is 12.7. The molecule has 3 atom stereocenters. The van der Waals surface area contributed by atoms with Crippen LogP contribution in [0.2, 0.25) is 0 Å². The zero-order chi connectivity index (χ0) is 32.1. The lowest BCUT2D eigenvalue weighted by molar-refractivity contribution is 0.138. The molecule has 2 bridgehead atoms. The van der Waals surface area contributed by atoms with E-state index in [1.807, 2.05) is 0 Å². The summed E-state index contributed by atoms with van der Waals surface area (Å²) < 4.78 is 38.3. The molecule has 8 nitrogen and oxygen atoms in total. The molecule has 236 valence electrons. The Labute approximate surface area is 267 Å². The number of aromatic nitrogens is 3. The standard InChI is InChI=1S/C36H36F2N6O2/c1-5-8-29-31-34(32(38)33(40-29)27-16-25(45)15-21-10-13-28(37)26(6-2)30(21)27)41-36(46-19-24-9-7-14-44(24)20(3)4)42-35(31)43-17-22-11-12-23(18-43)39-22/h2,10,13,15-16,20,22-24,39,45H,7,9,11-12,14,17-19H2,1,3-4H3/t22-,23+,24-/m0/s1. The number of likely N-dealkylation sites (tertiary alicyclic amines) is 1. The van der Waals surface area contributed by atoms with E-state index in [0.29, 0.717) is 54.4 Å². The number of ether oxygens (including phenoxy) is 1. The molecular formula is C36H36F2N6O2. The lowest BCUT2D eigenvalue weighted by Crippen LogP contribution is -2.51. The molecule has 4 aromatic rings. The molecule has 0 aliphatic carbocycles. The largest absolute Gasteiger partial charge is 0.508 e. The van der Waals surface area contributed by atoms with Crippen LogP contribution in [0.5, 0.6) is 11.8 Å². The van der Waals surface area contributed by atoms with Crippen LogP contribution < -0.4 is 15.0 Å². The first-order chi connectivity index (χ1) is 22.2. The maximum absolute atomic E-state index is 17.1. The van der Waals surface area contributed by atoms with E-state index >= 15 is 4.39 Å². The summed E-state index contributed by atoms with van der Waals surface area (Å²) in [7, 11) is 0. The molecule has 0 unspecified atom stereocenters. The Morgan fingerprint density at radius 1 is 1.09 bits per heavy atom. The first-order valence-corrected chi connectivity index (χ1v) is 15.9. The molecule has 2 N–H and O–H groups in total. The predicted molar refractivity (Wildman–Crippen MR) is 175 cm³/mol. The molecule has 46 heavy (non-hydrogen) atoms. The van der Waals surface area contributed by atoms with E-state index in [1.54, 1.807) is 6.92 Å². The van der Waals surface area contributed by atoms with Gasteiger partial charge in [-0.05, 0) is 82.5 Å². The number of hydrogen-bond acceptors (Lipinski definition) is 8. The Balaban J connectivity index is 1.45. The fourth-order valence-corrected chi connectivity index (χ4v) is 7.43. The van der Waals surface area contributed by atoms with E-state index < -0.39 is 11.6 Å². The second-order valence-corrected chi connectivity index (χ2v) is 12.7. The average Bonchev–Trinajstić information content (AvgIpc) is 3.66. The number of aromatic hydroxyl groups is 1. The summed E-state index contributed by atoms with van der Waals surface area (Å²) in [6, 6.07) is 6.76. The Bertz CT molecular complexity index is 1950. The molecule has 0 radical (unpaired) electrons. The van der Waals surface area contributed by atoms with Crippen LogP contribution in [-0.4, -0.2) is 75.4 Å². The minimum Gasteiger partial charge on any atom is -0.508 e. The van der Waals surface area contributed by atoms with Crippen LogP contribution in [0.4, 0.5) is 14.6 Å². The van der Waals surface area contributed by atoms with Crippen molar-refractivity contribution in [2.24, 2.45) is 0 Å². The number of hydrogen-bond donors (Lipinski definition) is 2. The van der Waals surface area contributed by atoms with Gasteiger partial charge in [-0.25, -0.2) is 13.8 Å². The van der Waals surface area contributed by atoms with Gasteiger partial charge in [0.15, 0.2) is 5.82 Å². The highest BCUT2D eigenvalue weighted by Crippen LogP contribution is 2.40. The van der Waals surface area contributed by atoms with Crippen LogP contribution in [0.15, 0.2) is 24.3 Å². The molecule has 2 aromatic carbocycles. The highest BCUT2D eigenvalue weighted by Gasteiger charge is 2.35. The van der Waals surface area contributed by atoms with Crippen molar-refractivity contribution in [3.8, 4) is 47.2 Å². The minimum atomic E-state index is -0.757. The molecule has 3 saturated heterocycles. The third-order valence-corrected chi connectivity index (χ3v) is 9.45.